The largest absolute Gasteiger partial charge is 0.411 e. The van der Waals surface area contributed by atoms with Crippen LogP contribution < -0.4 is 4.90 Å². The van der Waals surface area contributed by atoms with Crippen LogP contribution in [-0.2, 0) is 0 Å². The van der Waals surface area contributed by atoms with Gasteiger partial charge in [0.25, 0.3) is 0 Å². The third-order valence-corrected chi connectivity index (χ3v) is 3.10. The van der Waals surface area contributed by atoms with Crippen LogP contribution in [-0.4, -0.2) is 34.7 Å². The molecule has 0 aromatic heterocycles. The second-order valence-electron chi connectivity index (χ2n) is 5.40. The van der Waals surface area contributed by atoms with Crippen molar-refractivity contribution >= 4 is 11.4 Å². The first-order valence-electron chi connectivity index (χ1n) is 6.29. The quantitative estimate of drug-likeness (QED) is 0.623. The highest BCUT2D eigenvalue weighted by Gasteiger charge is 2.24. The fourth-order valence-electron chi connectivity index (χ4n) is 2.42. The van der Waals surface area contributed by atoms with Crippen LogP contribution in [0.2, 0.25) is 0 Å². The Balaban J connectivity index is 2.39. The Morgan fingerprint density at radius 2 is 2.06 bits per heavy atom. The van der Waals surface area contributed by atoms with Gasteiger partial charge in [-0.2, -0.15) is 0 Å². The summed E-state index contributed by atoms with van der Waals surface area (Å²) in [6, 6.07) is 7.89. The number of fused-ring (bicyclic) bond motifs is 1. The molecule has 1 aliphatic rings. The molecule has 0 atom stereocenters. The van der Waals surface area contributed by atoms with E-state index in [0.717, 1.165) is 36.3 Å². The second-order valence-corrected chi connectivity index (χ2v) is 5.40. The van der Waals surface area contributed by atoms with Crippen molar-refractivity contribution in [3.05, 3.63) is 29.8 Å². The molecule has 0 unspecified atom stereocenters. The molecule has 2 rings (SSSR count). The molecule has 1 aromatic carbocycles. The van der Waals surface area contributed by atoms with E-state index in [1.807, 2.05) is 38.1 Å². The SMILES string of the molecule is CC(C)(O)CN1CCC/C(=N/O)c2ccccc21. The standard InChI is InChI=1S/C14H20N2O2/c1-14(2,17)10-16-9-5-7-12(15-18)11-6-3-4-8-13(11)16/h3-4,6,8,17-18H,5,7,9-10H2,1-2H3/b15-12-. The highest BCUT2D eigenvalue weighted by atomic mass is 16.4. The number of para-hydroxylation sites is 1. The van der Waals surface area contributed by atoms with Crippen LogP contribution in [0.15, 0.2) is 29.4 Å². The molecule has 4 nitrogen and oxygen atoms in total. The van der Waals surface area contributed by atoms with Gasteiger partial charge in [0.05, 0.1) is 11.3 Å². The summed E-state index contributed by atoms with van der Waals surface area (Å²) in [6.45, 7) is 5.05. The number of aliphatic hydroxyl groups is 1. The fourth-order valence-corrected chi connectivity index (χ4v) is 2.42. The van der Waals surface area contributed by atoms with E-state index in [2.05, 4.69) is 10.1 Å². The van der Waals surface area contributed by atoms with E-state index in [4.69, 9.17) is 5.21 Å². The Hall–Kier alpha value is -1.55. The molecule has 0 saturated heterocycles. The maximum absolute atomic E-state index is 9.99. The molecule has 0 saturated carbocycles. The van der Waals surface area contributed by atoms with Gasteiger partial charge >= 0.3 is 0 Å². The zero-order valence-corrected chi connectivity index (χ0v) is 10.9. The summed E-state index contributed by atoms with van der Waals surface area (Å²) in [7, 11) is 0. The Morgan fingerprint density at radius 1 is 1.33 bits per heavy atom. The number of hydrogen-bond acceptors (Lipinski definition) is 4. The zero-order chi connectivity index (χ0) is 13.2. The predicted octanol–water partition coefficient (Wildman–Crippen LogP) is 2.24. The van der Waals surface area contributed by atoms with Gasteiger partial charge in [-0.05, 0) is 32.8 Å². The van der Waals surface area contributed by atoms with Gasteiger partial charge in [0.1, 0.15) is 0 Å². The Kier molecular flexibility index (Phi) is 3.57. The predicted molar refractivity (Wildman–Crippen MR) is 72.5 cm³/mol. The van der Waals surface area contributed by atoms with Crippen LogP contribution in [0.5, 0.6) is 0 Å². The first-order valence-corrected chi connectivity index (χ1v) is 6.29. The van der Waals surface area contributed by atoms with E-state index < -0.39 is 5.60 Å². The van der Waals surface area contributed by atoms with Crippen molar-refractivity contribution in [3.8, 4) is 0 Å². The lowest BCUT2D eigenvalue weighted by atomic mass is 10.0. The van der Waals surface area contributed by atoms with Crippen molar-refractivity contribution in [3.63, 3.8) is 0 Å². The summed E-state index contributed by atoms with van der Waals surface area (Å²) >= 11 is 0. The number of β-amino-alcohol motifs (C(OH)–C–C–N with tert-alkyl or cyclic N) is 1. The van der Waals surface area contributed by atoms with Gasteiger partial charge in [-0.3, -0.25) is 0 Å². The summed E-state index contributed by atoms with van der Waals surface area (Å²) in [5.74, 6) is 0. The fraction of sp³-hybridized carbons (Fsp3) is 0.500. The van der Waals surface area contributed by atoms with E-state index in [0.29, 0.717) is 6.54 Å². The van der Waals surface area contributed by atoms with Crippen molar-refractivity contribution < 1.29 is 10.3 Å². The van der Waals surface area contributed by atoms with Crippen molar-refractivity contribution in [2.75, 3.05) is 18.0 Å². The summed E-state index contributed by atoms with van der Waals surface area (Å²) in [5.41, 5.74) is 1.98. The van der Waals surface area contributed by atoms with Crippen molar-refractivity contribution in [2.24, 2.45) is 5.16 Å². The van der Waals surface area contributed by atoms with Crippen LogP contribution >= 0.6 is 0 Å². The number of nitrogens with zero attached hydrogens (tertiary/aromatic N) is 2. The molecular weight excluding hydrogens is 228 g/mol. The molecule has 1 heterocycles. The minimum Gasteiger partial charge on any atom is -0.411 e. The van der Waals surface area contributed by atoms with Gasteiger partial charge in [-0.15, -0.1) is 0 Å². The van der Waals surface area contributed by atoms with Crippen LogP contribution in [0.3, 0.4) is 0 Å². The minimum atomic E-state index is -0.742. The van der Waals surface area contributed by atoms with Crippen molar-refractivity contribution in [1.82, 2.24) is 0 Å². The van der Waals surface area contributed by atoms with Crippen LogP contribution in [0, 0.1) is 0 Å². The van der Waals surface area contributed by atoms with Gasteiger partial charge < -0.3 is 15.2 Å². The maximum atomic E-state index is 9.99. The molecule has 1 aromatic rings. The minimum absolute atomic E-state index is 0.572. The maximum Gasteiger partial charge on any atom is 0.0889 e. The molecular formula is C14H20N2O2. The number of anilines is 1. The highest BCUT2D eigenvalue weighted by molar-refractivity contribution is 6.05. The van der Waals surface area contributed by atoms with Crippen LogP contribution in [0.4, 0.5) is 5.69 Å². The third-order valence-electron chi connectivity index (χ3n) is 3.10. The number of rotatable bonds is 2. The van der Waals surface area contributed by atoms with Gasteiger partial charge in [-0.1, -0.05) is 23.4 Å². The van der Waals surface area contributed by atoms with E-state index in [1.54, 1.807) is 0 Å². The molecule has 18 heavy (non-hydrogen) atoms. The molecule has 98 valence electrons. The van der Waals surface area contributed by atoms with Crippen LogP contribution in [0.1, 0.15) is 32.3 Å². The molecule has 0 bridgehead atoms. The molecule has 0 fully saturated rings. The summed E-state index contributed by atoms with van der Waals surface area (Å²) in [6.07, 6.45) is 1.68. The Bertz CT molecular complexity index is 449. The smallest absolute Gasteiger partial charge is 0.0889 e. The van der Waals surface area contributed by atoms with E-state index in [9.17, 15) is 5.11 Å². The average molecular weight is 248 g/mol. The topological polar surface area (TPSA) is 56.1 Å². The zero-order valence-electron chi connectivity index (χ0n) is 10.9. The molecule has 0 spiro atoms. The monoisotopic (exact) mass is 248 g/mol. The van der Waals surface area contributed by atoms with E-state index in [-0.39, 0.29) is 0 Å². The molecule has 1 aliphatic heterocycles. The van der Waals surface area contributed by atoms with Crippen LogP contribution in [0.25, 0.3) is 0 Å². The lowest BCUT2D eigenvalue weighted by Crippen LogP contribution is -2.39. The molecule has 0 aliphatic carbocycles. The molecule has 2 N–H and O–H groups in total. The normalized spacial score (nSPS) is 18.6. The van der Waals surface area contributed by atoms with E-state index >= 15 is 0 Å². The Morgan fingerprint density at radius 3 is 2.72 bits per heavy atom. The van der Waals surface area contributed by atoms with Gasteiger partial charge in [-0.25, -0.2) is 0 Å². The number of benzene rings is 1. The first kappa shape index (κ1) is 12.9. The lowest BCUT2D eigenvalue weighted by molar-refractivity contribution is 0.0873. The molecule has 4 heteroatoms. The lowest BCUT2D eigenvalue weighted by Gasteiger charge is -2.30. The van der Waals surface area contributed by atoms with Gasteiger partial charge in [0.15, 0.2) is 0 Å². The van der Waals surface area contributed by atoms with E-state index in [1.165, 1.54) is 0 Å². The molecule has 0 amide bonds. The Labute approximate surface area is 108 Å². The third kappa shape index (κ3) is 2.82. The second kappa shape index (κ2) is 4.98. The van der Waals surface area contributed by atoms with Crippen molar-refractivity contribution in [2.45, 2.75) is 32.3 Å². The van der Waals surface area contributed by atoms with Gasteiger partial charge in [0, 0.05) is 24.3 Å². The average Bonchev–Trinajstić information content (AvgIpc) is 2.47. The number of oxime groups is 1. The number of hydrogen-bond donors (Lipinski definition) is 2. The first-order chi connectivity index (χ1) is 8.51. The van der Waals surface area contributed by atoms with Gasteiger partial charge in [0.2, 0.25) is 0 Å². The highest BCUT2D eigenvalue weighted by Crippen LogP contribution is 2.27. The summed E-state index contributed by atoms with van der Waals surface area (Å²) in [5, 5.41) is 22.5. The summed E-state index contributed by atoms with van der Waals surface area (Å²) < 4.78 is 0. The molecule has 0 radical (unpaired) electrons. The van der Waals surface area contributed by atoms with Crippen molar-refractivity contribution in [1.29, 1.82) is 0 Å². The summed E-state index contributed by atoms with van der Waals surface area (Å²) in [4.78, 5) is 2.16.